The van der Waals surface area contributed by atoms with Gasteiger partial charge in [-0.25, -0.2) is 8.42 Å². The third kappa shape index (κ3) is 7.98. The largest absolute Gasteiger partial charge is 0.352 e. The van der Waals surface area contributed by atoms with Crippen LogP contribution < -0.4 is 15.8 Å². The van der Waals surface area contributed by atoms with E-state index in [0.29, 0.717) is 12.2 Å². The quantitative estimate of drug-likeness (QED) is 0.722. The number of hydrogen-bond donors (Lipinski definition) is 3. The first-order chi connectivity index (χ1) is 8.76. The van der Waals surface area contributed by atoms with Crippen molar-refractivity contribution in [1.82, 2.24) is 5.32 Å². The van der Waals surface area contributed by atoms with Crippen LogP contribution in [0.4, 0.5) is 5.69 Å². The molecule has 114 valence electrons. The van der Waals surface area contributed by atoms with Crippen LogP contribution in [0.2, 0.25) is 0 Å². The van der Waals surface area contributed by atoms with Crippen LogP contribution in [0.5, 0.6) is 0 Å². The van der Waals surface area contributed by atoms with Gasteiger partial charge in [-0.05, 0) is 24.6 Å². The summed E-state index contributed by atoms with van der Waals surface area (Å²) in [6, 6.07) is 6.63. The molecule has 0 heterocycles. The van der Waals surface area contributed by atoms with Crippen LogP contribution in [0.3, 0.4) is 0 Å². The smallest absolute Gasteiger partial charge is 0.229 e. The van der Waals surface area contributed by atoms with Crippen LogP contribution in [0, 0.1) is 0 Å². The highest BCUT2D eigenvalue weighted by Crippen LogP contribution is 2.10. The summed E-state index contributed by atoms with van der Waals surface area (Å²) in [5.74, 6) is -0.103. The minimum Gasteiger partial charge on any atom is -0.352 e. The fourth-order valence-corrected chi connectivity index (χ4v) is 2.03. The third-order valence-electron chi connectivity index (χ3n) is 2.25. The van der Waals surface area contributed by atoms with Crippen LogP contribution in [0.15, 0.2) is 24.3 Å². The maximum Gasteiger partial charge on any atom is 0.229 e. The highest BCUT2D eigenvalue weighted by Gasteiger charge is 2.05. The Morgan fingerprint density at radius 2 is 1.85 bits per heavy atom. The summed E-state index contributed by atoms with van der Waals surface area (Å²) in [6.07, 6.45) is 1.38. The van der Waals surface area contributed by atoms with Crippen molar-refractivity contribution in [3.8, 4) is 0 Å². The number of hydrogen-bond acceptors (Lipinski definition) is 4. The average molecular weight is 322 g/mol. The van der Waals surface area contributed by atoms with E-state index in [9.17, 15) is 13.2 Å². The number of carbonyl (C=O) groups excluding carboxylic acids is 1. The van der Waals surface area contributed by atoms with Gasteiger partial charge in [0, 0.05) is 24.7 Å². The van der Waals surface area contributed by atoms with Gasteiger partial charge < -0.3 is 11.1 Å². The van der Waals surface area contributed by atoms with Crippen LogP contribution in [0.1, 0.15) is 18.9 Å². The molecule has 0 saturated carbocycles. The molecule has 6 nitrogen and oxygen atoms in total. The van der Waals surface area contributed by atoms with E-state index in [-0.39, 0.29) is 30.8 Å². The molecule has 0 aliphatic heterocycles. The van der Waals surface area contributed by atoms with Crippen molar-refractivity contribution in [3.63, 3.8) is 0 Å². The van der Waals surface area contributed by atoms with Gasteiger partial charge in [0.2, 0.25) is 15.9 Å². The predicted molar refractivity (Wildman–Crippen MR) is 82.3 cm³/mol. The monoisotopic (exact) mass is 321 g/mol. The van der Waals surface area contributed by atoms with Crippen molar-refractivity contribution in [1.29, 1.82) is 0 Å². The molecule has 0 radical (unpaired) electrons. The molecule has 0 aliphatic rings. The number of anilines is 1. The molecule has 0 bridgehead atoms. The third-order valence-corrected chi connectivity index (χ3v) is 2.86. The van der Waals surface area contributed by atoms with E-state index in [4.69, 9.17) is 5.73 Å². The standard InChI is InChI=1S/C12H19N3O3S.ClH/c1-9(13)7-12(16)14-8-10-3-5-11(6-4-10)15-19(2,17)18;/h3-6,9,15H,7-8,13H2,1-2H3,(H,14,16);1H. The molecule has 1 rings (SSSR count). The number of rotatable bonds is 6. The molecule has 0 spiro atoms. The summed E-state index contributed by atoms with van der Waals surface area (Å²) in [4.78, 5) is 11.4. The highest BCUT2D eigenvalue weighted by atomic mass is 35.5. The number of carbonyl (C=O) groups is 1. The first-order valence-corrected chi connectivity index (χ1v) is 7.74. The number of amides is 1. The molecule has 0 fully saturated rings. The number of sulfonamides is 1. The maximum absolute atomic E-state index is 11.4. The number of halogens is 1. The number of nitrogens with two attached hydrogens (primary N) is 1. The molecule has 4 N–H and O–H groups in total. The Bertz CT molecular complexity index is 529. The van der Waals surface area contributed by atoms with Gasteiger partial charge in [-0.3, -0.25) is 9.52 Å². The van der Waals surface area contributed by atoms with Gasteiger partial charge in [-0.2, -0.15) is 0 Å². The molecule has 1 aromatic carbocycles. The van der Waals surface area contributed by atoms with E-state index in [1.54, 1.807) is 31.2 Å². The van der Waals surface area contributed by atoms with E-state index in [1.165, 1.54) is 0 Å². The Labute approximate surface area is 125 Å². The fourth-order valence-electron chi connectivity index (χ4n) is 1.47. The Morgan fingerprint density at radius 3 is 2.30 bits per heavy atom. The van der Waals surface area contributed by atoms with Crippen molar-refractivity contribution < 1.29 is 13.2 Å². The van der Waals surface area contributed by atoms with Crippen molar-refractivity contribution in [2.45, 2.75) is 25.9 Å². The van der Waals surface area contributed by atoms with Crippen LogP contribution in [-0.2, 0) is 21.4 Å². The van der Waals surface area contributed by atoms with Crippen molar-refractivity contribution in [2.24, 2.45) is 5.73 Å². The summed E-state index contributed by atoms with van der Waals surface area (Å²) in [5.41, 5.74) is 6.89. The summed E-state index contributed by atoms with van der Waals surface area (Å²) >= 11 is 0. The highest BCUT2D eigenvalue weighted by molar-refractivity contribution is 7.92. The molecular formula is C12H20ClN3O3S. The molecule has 1 amide bonds. The number of benzene rings is 1. The molecular weight excluding hydrogens is 302 g/mol. The van der Waals surface area contributed by atoms with Gasteiger partial charge >= 0.3 is 0 Å². The fraction of sp³-hybridized carbons (Fsp3) is 0.417. The Hall–Kier alpha value is -1.31. The lowest BCUT2D eigenvalue weighted by Gasteiger charge is -2.08. The van der Waals surface area contributed by atoms with Crippen LogP contribution >= 0.6 is 12.4 Å². The summed E-state index contributed by atoms with van der Waals surface area (Å²) < 4.78 is 24.4. The molecule has 1 aromatic rings. The first kappa shape index (κ1) is 18.7. The van der Waals surface area contributed by atoms with Crippen LogP contribution in [0.25, 0.3) is 0 Å². The average Bonchev–Trinajstić information content (AvgIpc) is 2.25. The summed E-state index contributed by atoms with van der Waals surface area (Å²) in [6.45, 7) is 2.16. The van der Waals surface area contributed by atoms with Crippen molar-refractivity contribution >= 4 is 34.0 Å². The number of nitrogens with one attached hydrogen (secondary N) is 2. The van der Waals surface area contributed by atoms with Gasteiger partial charge in [0.25, 0.3) is 0 Å². The second kappa shape index (κ2) is 8.08. The lowest BCUT2D eigenvalue weighted by Crippen LogP contribution is -2.29. The van der Waals surface area contributed by atoms with E-state index in [2.05, 4.69) is 10.0 Å². The Kier molecular flexibility index (Phi) is 7.55. The van der Waals surface area contributed by atoms with Crippen LogP contribution in [-0.4, -0.2) is 26.6 Å². The minimum absolute atomic E-state index is 0. The van der Waals surface area contributed by atoms with Crippen molar-refractivity contribution in [3.05, 3.63) is 29.8 Å². The van der Waals surface area contributed by atoms with Gasteiger partial charge in [0.05, 0.1) is 6.26 Å². The molecule has 0 aromatic heterocycles. The Morgan fingerprint density at radius 1 is 1.30 bits per heavy atom. The zero-order chi connectivity index (χ0) is 14.5. The van der Waals surface area contributed by atoms with Gasteiger partial charge in [-0.15, -0.1) is 12.4 Å². The Balaban J connectivity index is 0.00000361. The molecule has 20 heavy (non-hydrogen) atoms. The van der Waals surface area contributed by atoms with Gasteiger partial charge in [0.1, 0.15) is 0 Å². The normalized spacial score (nSPS) is 12.2. The SMILES string of the molecule is CC(N)CC(=O)NCc1ccc(NS(C)(=O)=O)cc1.Cl. The predicted octanol–water partition coefficient (Wildman–Crippen LogP) is 0.833. The maximum atomic E-state index is 11.4. The second-order valence-corrected chi connectivity index (χ2v) is 6.28. The van der Waals surface area contributed by atoms with Gasteiger partial charge in [0.15, 0.2) is 0 Å². The zero-order valence-electron chi connectivity index (χ0n) is 11.4. The topological polar surface area (TPSA) is 101 Å². The second-order valence-electron chi connectivity index (χ2n) is 4.53. The molecule has 0 saturated heterocycles. The molecule has 8 heteroatoms. The molecule has 1 atom stereocenters. The van der Waals surface area contributed by atoms with E-state index >= 15 is 0 Å². The minimum atomic E-state index is -3.26. The van der Waals surface area contributed by atoms with Gasteiger partial charge in [-0.1, -0.05) is 12.1 Å². The summed E-state index contributed by atoms with van der Waals surface area (Å²) in [7, 11) is -3.26. The van der Waals surface area contributed by atoms with E-state index in [0.717, 1.165) is 11.8 Å². The first-order valence-electron chi connectivity index (χ1n) is 5.85. The molecule has 1 unspecified atom stereocenters. The zero-order valence-corrected chi connectivity index (χ0v) is 13.1. The lowest BCUT2D eigenvalue weighted by atomic mass is 10.2. The van der Waals surface area contributed by atoms with E-state index < -0.39 is 10.0 Å². The summed E-state index contributed by atoms with van der Waals surface area (Å²) in [5, 5.41) is 2.74. The van der Waals surface area contributed by atoms with E-state index in [1.807, 2.05) is 0 Å². The molecule has 0 aliphatic carbocycles. The lowest BCUT2D eigenvalue weighted by molar-refractivity contribution is -0.121. The van der Waals surface area contributed by atoms with Crippen molar-refractivity contribution in [2.75, 3.05) is 11.0 Å².